The van der Waals surface area contributed by atoms with Gasteiger partial charge in [-0.05, 0) is 63.6 Å². The van der Waals surface area contributed by atoms with Crippen molar-refractivity contribution >= 4 is 5.91 Å². The third kappa shape index (κ3) is 3.50. The van der Waals surface area contributed by atoms with Gasteiger partial charge in [-0.25, -0.2) is 4.68 Å². The highest BCUT2D eigenvalue weighted by atomic mass is 16.2. The molecule has 2 aromatic rings. The molecule has 5 nitrogen and oxygen atoms in total. The van der Waals surface area contributed by atoms with E-state index in [4.69, 9.17) is 5.10 Å². The van der Waals surface area contributed by atoms with Crippen LogP contribution in [0.4, 0.5) is 0 Å². The van der Waals surface area contributed by atoms with Gasteiger partial charge in [-0.3, -0.25) is 9.69 Å². The number of benzene rings is 1. The van der Waals surface area contributed by atoms with Crippen LogP contribution in [0.1, 0.15) is 42.6 Å². The maximum absolute atomic E-state index is 13.3. The molecule has 1 aromatic heterocycles. The van der Waals surface area contributed by atoms with Gasteiger partial charge in [0.1, 0.15) is 0 Å². The molecule has 3 fully saturated rings. The van der Waals surface area contributed by atoms with Crippen LogP contribution in [0.5, 0.6) is 0 Å². The molecular formula is C24H32N4O. The molecule has 5 rings (SSSR count). The normalized spacial score (nSPS) is 27.0. The van der Waals surface area contributed by atoms with E-state index < -0.39 is 0 Å². The van der Waals surface area contributed by atoms with Crippen molar-refractivity contribution in [3.05, 3.63) is 47.3 Å². The largest absolute Gasteiger partial charge is 0.342 e. The Morgan fingerprint density at radius 1 is 1.10 bits per heavy atom. The van der Waals surface area contributed by atoms with E-state index in [1.807, 2.05) is 29.8 Å². The van der Waals surface area contributed by atoms with Crippen LogP contribution in [0.25, 0.3) is 5.69 Å². The van der Waals surface area contributed by atoms with Crippen molar-refractivity contribution in [2.45, 2.75) is 52.0 Å². The van der Waals surface area contributed by atoms with Crippen molar-refractivity contribution in [2.75, 3.05) is 26.2 Å². The predicted octanol–water partition coefficient (Wildman–Crippen LogP) is 3.36. The topological polar surface area (TPSA) is 41.4 Å². The minimum absolute atomic E-state index is 0.280. The number of para-hydroxylation sites is 1. The van der Waals surface area contributed by atoms with Crippen LogP contribution in [-0.4, -0.2) is 57.7 Å². The number of nitrogens with zero attached hydrogens (tertiary/aromatic N) is 4. The zero-order valence-electron chi connectivity index (χ0n) is 17.7. The molecule has 1 aromatic carbocycles. The summed E-state index contributed by atoms with van der Waals surface area (Å²) in [6.45, 7) is 8.45. The summed E-state index contributed by atoms with van der Waals surface area (Å²) in [5.41, 5.74) is 4.19. The highest BCUT2D eigenvalue weighted by Gasteiger charge is 2.42. The van der Waals surface area contributed by atoms with Gasteiger partial charge in [0.2, 0.25) is 5.91 Å². The lowest BCUT2D eigenvalue weighted by Crippen LogP contribution is -2.60. The van der Waals surface area contributed by atoms with Crippen LogP contribution in [0.3, 0.4) is 0 Å². The highest BCUT2D eigenvalue weighted by molar-refractivity contribution is 5.79. The van der Waals surface area contributed by atoms with Crippen LogP contribution in [-0.2, 0) is 11.2 Å². The summed E-state index contributed by atoms with van der Waals surface area (Å²) in [7, 11) is 0. The van der Waals surface area contributed by atoms with Gasteiger partial charge in [-0.2, -0.15) is 5.10 Å². The molecule has 0 spiro atoms. The highest BCUT2D eigenvalue weighted by Crippen LogP contribution is 2.37. The lowest BCUT2D eigenvalue weighted by molar-refractivity contribution is -0.137. The van der Waals surface area contributed by atoms with Crippen LogP contribution < -0.4 is 0 Å². The van der Waals surface area contributed by atoms with E-state index in [0.717, 1.165) is 35.7 Å². The average molecular weight is 393 g/mol. The molecular weight excluding hydrogens is 360 g/mol. The molecule has 2 bridgehead atoms. The van der Waals surface area contributed by atoms with Gasteiger partial charge in [-0.1, -0.05) is 24.6 Å². The number of hydrogen-bond donors (Lipinski definition) is 0. The third-order valence-corrected chi connectivity index (χ3v) is 7.39. The lowest BCUT2D eigenvalue weighted by atomic mass is 9.76. The minimum atomic E-state index is 0.280. The zero-order valence-corrected chi connectivity index (χ0v) is 17.7. The van der Waals surface area contributed by atoms with E-state index >= 15 is 0 Å². The first-order valence-corrected chi connectivity index (χ1v) is 11.2. The number of likely N-dealkylation sites (tertiary alicyclic amines) is 1. The molecule has 1 amide bonds. The van der Waals surface area contributed by atoms with Crippen molar-refractivity contribution in [2.24, 2.45) is 11.8 Å². The van der Waals surface area contributed by atoms with Crippen molar-refractivity contribution < 1.29 is 4.79 Å². The molecule has 4 heterocycles. The summed E-state index contributed by atoms with van der Waals surface area (Å²) in [6.07, 6.45) is 5.81. The van der Waals surface area contributed by atoms with E-state index in [1.165, 1.54) is 38.8 Å². The van der Waals surface area contributed by atoms with E-state index in [2.05, 4.69) is 28.9 Å². The Kier molecular flexibility index (Phi) is 4.94. The molecule has 3 aliphatic rings. The second kappa shape index (κ2) is 7.60. The molecule has 29 heavy (non-hydrogen) atoms. The van der Waals surface area contributed by atoms with Gasteiger partial charge in [0.05, 0.1) is 17.8 Å². The quantitative estimate of drug-likeness (QED) is 0.804. The molecule has 3 aliphatic heterocycles. The smallest absolute Gasteiger partial charge is 0.227 e. The molecule has 0 radical (unpaired) electrons. The van der Waals surface area contributed by atoms with Gasteiger partial charge in [-0.15, -0.1) is 0 Å². The Morgan fingerprint density at radius 3 is 2.76 bits per heavy atom. The number of carbonyl (C=O) groups excluding carboxylic acids is 1. The fourth-order valence-electron chi connectivity index (χ4n) is 5.98. The number of piperidine rings is 3. The number of hydrogen-bond acceptors (Lipinski definition) is 3. The predicted molar refractivity (Wildman–Crippen MR) is 114 cm³/mol. The summed E-state index contributed by atoms with van der Waals surface area (Å²) in [6, 6.07) is 10.9. The van der Waals surface area contributed by atoms with Crippen molar-refractivity contribution in [3.8, 4) is 5.69 Å². The molecule has 0 N–H and O–H groups in total. The van der Waals surface area contributed by atoms with Gasteiger partial charge in [0.25, 0.3) is 0 Å². The average Bonchev–Trinajstić information content (AvgIpc) is 3.02. The Hall–Kier alpha value is -2.14. The first kappa shape index (κ1) is 18.9. The first-order valence-electron chi connectivity index (χ1n) is 11.2. The fourth-order valence-corrected chi connectivity index (χ4v) is 5.98. The summed E-state index contributed by atoms with van der Waals surface area (Å²) >= 11 is 0. The molecule has 3 saturated heterocycles. The Bertz CT molecular complexity index is 890. The summed E-state index contributed by atoms with van der Waals surface area (Å²) in [5.74, 6) is 1.60. The molecule has 0 saturated carbocycles. The monoisotopic (exact) mass is 392 g/mol. The molecule has 5 heteroatoms. The molecule has 154 valence electrons. The fraction of sp³-hybridized carbons (Fsp3) is 0.583. The number of aryl methyl sites for hydroxylation is 1. The molecule has 0 unspecified atom stereocenters. The maximum atomic E-state index is 13.3. The van der Waals surface area contributed by atoms with Gasteiger partial charge in [0, 0.05) is 36.9 Å². The number of rotatable bonds is 3. The third-order valence-electron chi connectivity index (χ3n) is 7.39. The summed E-state index contributed by atoms with van der Waals surface area (Å²) in [4.78, 5) is 18.2. The second-order valence-corrected chi connectivity index (χ2v) is 9.29. The molecule has 3 atom stereocenters. The SMILES string of the molecule is Cc1nn(-c2ccccc2)c(C)c1CC(=O)N1C[C@@H]2C[C@H](C1)[C@@H]1CCCCN1C2. The van der Waals surface area contributed by atoms with Gasteiger partial charge >= 0.3 is 0 Å². The summed E-state index contributed by atoms with van der Waals surface area (Å²) < 4.78 is 1.97. The lowest BCUT2D eigenvalue weighted by Gasteiger charge is -2.52. The van der Waals surface area contributed by atoms with Crippen molar-refractivity contribution in [1.29, 1.82) is 0 Å². The van der Waals surface area contributed by atoms with E-state index in [0.29, 0.717) is 24.3 Å². The Labute approximate surface area is 173 Å². The number of fused-ring (bicyclic) bond motifs is 4. The van der Waals surface area contributed by atoms with Crippen molar-refractivity contribution in [1.82, 2.24) is 19.6 Å². The standard InChI is InChI=1S/C24H32N4O/c1-17-22(18(2)28(25-17)21-8-4-3-5-9-21)13-24(29)27-15-19-12-20(16-27)23-10-6-7-11-26(23)14-19/h3-5,8-9,19-20,23H,6-7,10-16H2,1-2H3/t19-,20-,23+/m1/s1. The number of carbonyl (C=O) groups is 1. The van der Waals surface area contributed by atoms with Crippen LogP contribution in [0.15, 0.2) is 30.3 Å². The number of amides is 1. The minimum Gasteiger partial charge on any atom is -0.342 e. The second-order valence-electron chi connectivity index (χ2n) is 9.29. The Morgan fingerprint density at radius 2 is 1.93 bits per heavy atom. The summed E-state index contributed by atoms with van der Waals surface area (Å²) in [5, 5.41) is 4.73. The van der Waals surface area contributed by atoms with E-state index in [1.54, 1.807) is 0 Å². The van der Waals surface area contributed by atoms with Gasteiger partial charge in [0.15, 0.2) is 0 Å². The Balaban J connectivity index is 1.32. The number of aromatic nitrogens is 2. The van der Waals surface area contributed by atoms with Crippen LogP contribution >= 0.6 is 0 Å². The maximum Gasteiger partial charge on any atom is 0.227 e. The first-order chi connectivity index (χ1) is 14.1. The zero-order chi connectivity index (χ0) is 20.0. The molecule has 0 aliphatic carbocycles. The van der Waals surface area contributed by atoms with Gasteiger partial charge < -0.3 is 4.90 Å². The van der Waals surface area contributed by atoms with Crippen LogP contribution in [0.2, 0.25) is 0 Å². The van der Waals surface area contributed by atoms with Crippen molar-refractivity contribution in [3.63, 3.8) is 0 Å². The van der Waals surface area contributed by atoms with E-state index in [-0.39, 0.29) is 5.91 Å². The van der Waals surface area contributed by atoms with Crippen LogP contribution in [0, 0.1) is 25.7 Å². The van der Waals surface area contributed by atoms with E-state index in [9.17, 15) is 4.79 Å².